The number of amides is 1. The molecule has 0 aromatic heterocycles. The van der Waals surface area contributed by atoms with Crippen molar-refractivity contribution in [3.05, 3.63) is 34.6 Å². The zero-order chi connectivity index (χ0) is 15.0. The highest BCUT2D eigenvalue weighted by molar-refractivity contribution is 6.31. The summed E-state index contributed by atoms with van der Waals surface area (Å²) >= 11 is 6.03. The molecule has 108 valence electrons. The monoisotopic (exact) mass is 299 g/mol. The lowest BCUT2D eigenvalue weighted by molar-refractivity contribution is -0.142. The lowest BCUT2D eigenvalue weighted by Gasteiger charge is -2.31. The number of rotatable bonds is 3. The van der Waals surface area contributed by atoms with E-state index in [1.807, 2.05) is 0 Å². The van der Waals surface area contributed by atoms with E-state index >= 15 is 0 Å². The first-order valence-corrected chi connectivity index (χ1v) is 6.70. The van der Waals surface area contributed by atoms with E-state index in [1.165, 1.54) is 23.1 Å². The lowest BCUT2D eigenvalue weighted by Crippen LogP contribution is -2.36. The molecule has 2 unspecified atom stereocenters. The Bertz CT molecular complexity index is 541. The van der Waals surface area contributed by atoms with Crippen LogP contribution in [0.2, 0.25) is 5.02 Å². The Hall–Kier alpha value is -1.62. The van der Waals surface area contributed by atoms with Crippen molar-refractivity contribution in [3.63, 3.8) is 0 Å². The number of carboxylic acid groups (broad SMARTS) is 1. The maximum atomic E-state index is 14.1. The molecule has 4 nitrogen and oxygen atoms in total. The molecule has 1 heterocycles. The molecular formula is C14H15ClFNO3. The van der Waals surface area contributed by atoms with Gasteiger partial charge in [0.25, 0.3) is 0 Å². The van der Waals surface area contributed by atoms with Gasteiger partial charge in [0.15, 0.2) is 0 Å². The molecule has 1 fully saturated rings. The summed E-state index contributed by atoms with van der Waals surface area (Å²) in [5, 5.41) is 9.44. The van der Waals surface area contributed by atoms with Crippen LogP contribution in [-0.2, 0) is 9.59 Å². The quantitative estimate of drug-likeness (QED) is 0.933. The number of hydrogen-bond donors (Lipinski definition) is 1. The third-order valence-electron chi connectivity index (χ3n) is 3.53. The van der Waals surface area contributed by atoms with Gasteiger partial charge in [0.2, 0.25) is 5.91 Å². The van der Waals surface area contributed by atoms with Crippen LogP contribution in [0.1, 0.15) is 31.9 Å². The summed E-state index contributed by atoms with van der Waals surface area (Å²) in [4.78, 5) is 24.8. The Morgan fingerprint density at radius 2 is 2.15 bits per heavy atom. The molecule has 1 amide bonds. The Labute approximate surface area is 121 Å². The minimum Gasteiger partial charge on any atom is -0.481 e. The van der Waals surface area contributed by atoms with E-state index in [0.717, 1.165) is 0 Å². The summed E-state index contributed by atoms with van der Waals surface area (Å²) in [6, 6.07) is 3.08. The van der Waals surface area contributed by atoms with Crippen LogP contribution in [0.5, 0.6) is 0 Å². The number of benzene rings is 1. The zero-order valence-corrected chi connectivity index (χ0v) is 11.9. The number of hydrogen-bond acceptors (Lipinski definition) is 2. The first kappa shape index (κ1) is 14.8. The van der Waals surface area contributed by atoms with E-state index in [2.05, 4.69) is 0 Å². The molecule has 6 heteroatoms. The number of carbonyl (C=O) groups excluding carboxylic acids is 1. The van der Waals surface area contributed by atoms with Crippen molar-refractivity contribution >= 4 is 23.5 Å². The molecular weight excluding hydrogens is 285 g/mol. The largest absolute Gasteiger partial charge is 0.481 e. The first-order valence-electron chi connectivity index (χ1n) is 6.32. The summed E-state index contributed by atoms with van der Waals surface area (Å²) in [5.41, 5.74) is 0.0844. The van der Waals surface area contributed by atoms with Gasteiger partial charge in [0.05, 0.1) is 12.0 Å². The Kier molecular flexibility index (Phi) is 3.99. The van der Waals surface area contributed by atoms with Gasteiger partial charge in [0, 0.05) is 23.0 Å². The molecule has 1 aromatic rings. The first-order chi connectivity index (χ1) is 9.34. The van der Waals surface area contributed by atoms with Crippen molar-refractivity contribution < 1.29 is 19.1 Å². The molecule has 0 saturated carbocycles. The number of likely N-dealkylation sites (tertiary alicyclic amines) is 1. The van der Waals surface area contributed by atoms with Crippen molar-refractivity contribution in [2.24, 2.45) is 5.92 Å². The molecule has 1 N–H and O–H groups in total. The molecule has 0 aliphatic carbocycles. The summed E-state index contributed by atoms with van der Waals surface area (Å²) in [7, 11) is 0. The molecule has 0 spiro atoms. The molecule has 1 saturated heterocycles. The number of aliphatic carboxylic acids is 1. The van der Waals surface area contributed by atoms with Gasteiger partial charge in [-0.15, -0.1) is 0 Å². The van der Waals surface area contributed by atoms with Crippen LogP contribution in [0.15, 0.2) is 18.2 Å². The fraction of sp³-hybridized carbons (Fsp3) is 0.429. The van der Waals surface area contributed by atoms with Gasteiger partial charge in [-0.3, -0.25) is 9.59 Å². The van der Waals surface area contributed by atoms with Crippen molar-refractivity contribution in [3.8, 4) is 0 Å². The van der Waals surface area contributed by atoms with Crippen molar-refractivity contribution in [1.29, 1.82) is 0 Å². The normalized spacial score (nSPS) is 22.6. The van der Waals surface area contributed by atoms with E-state index in [0.29, 0.717) is 0 Å². The fourth-order valence-corrected chi connectivity index (χ4v) is 2.99. The van der Waals surface area contributed by atoms with Gasteiger partial charge >= 0.3 is 5.97 Å². The number of carbonyl (C=O) groups is 2. The van der Waals surface area contributed by atoms with Gasteiger partial charge in [0.1, 0.15) is 5.82 Å². The lowest BCUT2D eigenvalue weighted by atomic mass is 9.93. The molecule has 1 aromatic carbocycles. The summed E-state index contributed by atoms with van der Waals surface area (Å²) in [6.07, 6.45) is -0.136. The highest BCUT2D eigenvalue weighted by atomic mass is 35.5. The van der Waals surface area contributed by atoms with Crippen molar-refractivity contribution in [2.75, 3.05) is 0 Å². The molecule has 1 aliphatic heterocycles. The van der Waals surface area contributed by atoms with E-state index in [1.54, 1.807) is 13.8 Å². The maximum absolute atomic E-state index is 14.1. The predicted octanol–water partition coefficient (Wildman–Crippen LogP) is 2.86. The minimum atomic E-state index is -1.12. The average molecular weight is 300 g/mol. The smallest absolute Gasteiger partial charge is 0.309 e. The second-order valence-electron chi connectivity index (χ2n) is 5.12. The third kappa shape index (κ3) is 2.38. The summed E-state index contributed by atoms with van der Waals surface area (Å²) in [5.74, 6) is -2.99. The second-order valence-corrected chi connectivity index (χ2v) is 5.53. The van der Waals surface area contributed by atoms with Crippen LogP contribution in [0.25, 0.3) is 0 Å². The summed E-state index contributed by atoms with van der Waals surface area (Å²) in [6.45, 7) is 3.54. The van der Waals surface area contributed by atoms with Crippen LogP contribution < -0.4 is 0 Å². The summed E-state index contributed by atoms with van der Waals surface area (Å²) < 4.78 is 14.1. The van der Waals surface area contributed by atoms with Gasteiger partial charge in [-0.1, -0.05) is 17.7 Å². The highest BCUT2D eigenvalue weighted by Gasteiger charge is 2.47. The van der Waals surface area contributed by atoms with E-state index in [9.17, 15) is 19.1 Å². The van der Waals surface area contributed by atoms with E-state index in [-0.39, 0.29) is 29.0 Å². The van der Waals surface area contributed by atoms with E-state index in [4.69, 9.17) is 11.6 Å². The van der Waals surface area contributed by atoms with Crippen molar-refractivity contribution in [1.82, 2.24) is 4.90 Å². The SMILES string of the molecule is CC(C)N1C(=O)CC(C(=O)O)C1c1c(F)cccc1Cl. The molecule has 0 bridgehead atoms. The van der Waals surface area contributed by atoms with Crippen LogP contribution in [0, 0.1) is 11.7 Å². The molecule has 2 rings (SSSR count). The third-order valence-corrected chi connectivity index (χ3v) is 3.86. The maximum Gasteiger partial charge on any atom is 0.309 e. The van der Waals surface area contributed by atoms with Gasteiger partial charge in [-0.05, 0) is 26.0 Å². The highest BCUT2D eigenvalue weighted by Crippen LogP contribution is 2.43. The Morgan fingerprint density at radius 1 is 1.50 bits per heavy atom. The number of nitrogens with zero attached hydrogens (tertiary/aromatic N) is 1. The standard InChI is InChI=1S/C14H15ClFNO3/c1-7(2)17-11(18)6-8(14(19)20)13(17)12-9(15)4-3-5-10(12)16/h3-5,7-8,13H,6H2,1-2H3,(H,19,20). The molecule has 20 heavy (non-hydrogen) atoms. The van der Waals surface area contributed by atoms with Gasteiger partial charge < -0.3 is 10.0 Å². The number of carboxylic acids is 1. The zero-order valence-electron chi connectivity index (χ0n) is 11.1. The van der Waals surface area contributed by atoms with E-state index < -0.39 is 23.7 Å². The van der Waals surface area contributed by atoms with Crippen LogP contribution >= 0.6 is 11.6 Å². The Balaban J connectivity index is 2.58. The Morgan fingerprint density at radius 3 is 2.65 bits per heavy atom. The van der Waals surface area contributed by atoms with Crippen molar-refractivity contribution in [2.45, 2.75) is 32.4 Å². The average Bonchev–Trinajstić information content (AvgIpc) is 2.67. The minimum absolute atomic E-state index is 0.0844. The van der Waals surface area contributed by atoms with Crippen LogP contribution in [0.4, 0.5) is 4.39 Å². The number of halogens is 2. The van der Waals surface area contributed by atoms with Crippen LogP contribution in [-0.4, -0.2) is 27.9 Å². The van der Waals surface area contributed by atoms with Gasteiger partial charge in [-0.25, -0.2) is 4.39 Å². The molecule has 0 radical (unpaired) electrons. The molecule has 2 atom stereocenters. The predicted molar refractivity (Wildman–Crippen MR) is 71.9 cm³/mol. The fourth-order valence-electron chi connectivity index (χ4n) is 2.72. The topological polar surface area (TPSA) is 57.6 Å². The second kappa shape index (κ2) is 5.40. The molecule has 1 aliphatic rings. The van der Waals surface area contributed by atoms with Gasteiger partial charge in [-0.2, -0.15) is 0 Å². The van der Waals surface area contributed by atoms with Crippen LogP contribution in [0.3, 0.4) is 0 Å².